The third kappa shape index (κ3) is 9.50. The van der Waals surface area contributed by atoms with Gasteiger partial charge in [0, 0.05) is 24.3 Å². The molecule has 3 amide bonds. The van der Waals surface area contributed by atoms with Gasteiger partial charge in [-0.1, -0.05) is 100 Å². The van der Waals surface area contributed by atoms with Crippen molar-refractivity contribution in [3.63, 3.8) is 0 Å². The van der Waals surface area contributed by atoms with Crippen molar-refractivity contribution in [3.05, 3.63) is 108 Å². The molecule has 9 heteroatoms. The Hall–Kier alpha value is -4.50. The van der Waals surface area contributed by atoms with E-state index in [4.69, 9.17) is 0 Å². The molecule has 1 unspecified atom stereocenters. The Kier molecular flexibility index (Phi) is 12.5. The van der Waals surface area contributed by atoms with E-state index in [1.807, 2.05) is 24.3 Å². The molecule has 0 radical (unpaired) electrons. The predicted molar refractivity (Wildman–Crippen MR) is 183 cm³/mol. The molecular formula is C37H43N3O5S. The first kappa shape index (κ1) is 34.4. The number of rotatable bonds is 16. The van der Waals surface area contributed by atoms with Crippen molar-refractivity contribution in [1.29, 1.82) is 0 Å². The van der Waals surface area contributed by atoms with Crippen LogP contribution in [-0.2, 0) is 26.0 Å². The van der Waals surface area contributed by atoms with Crippen LogP contribution >= 0.6 is 0 Å². The van der Waals surface area contributed by atoms with Crippen molar-refractivity contribution < 1.29 is 22.8 Å². The smallest absolute Gasteiger partial charge is 0.264 e. The van der Waals surface area contributed by atoms with Gasteiger partial charge in [-0.3, -0.25) is 14.4 Å². The van der Waals surface area contributed by atoms with Crippen molar-refractivity contribution in [2.75, 3.05) is 18.4 Å². The number of nitrogens with zero attached hydrogens (tertiary/aromatic N) is 1. The van der Waals surface area contributed by atoms with Gasteiger partial charge in [0.25, 0.3) is 15.9 Å². The molecule has 0 fully saturated rings. The van der Waals surface area contributed by atoms with Crippen molar-refractivity contribution in [1.82, 2.24) is 9.62 Å². The number of hydrogen-bond donors (Lipinski definition) is 2. The number of unbranched alkanes of at least 4 members (excludes halogenated alkanes) is 4. The second-order valence-electron chi connectivity index (χ2n) is 11.5. The molecule has 0 aliphatic carbocycles. The lowest BCUT2D eigenvalue weighted by atomic mass is 9.96. The van der Waals surface area contributed by atoms with Gasteiger partial charge in [0.1, 0.15) is 5.92 Å². The van der Waals surface area contributed by atoms with Crippen molar-refractivity contribution in [2.24, 2.45) is 5.92 Å². The maximum Gasteiger partial charge on any atom is 0.264 e. The molecule has 4 aromatic rings. The van der Waals surface area contributed by atoms with Gasteiger partial charge in [0.15, 0.2) is 0 Å². The highest BCUT2D eigenvalue weighted by Crippen LogP contribution is 2.21. The molecule has 1 atom stereocenters. The number of fused-ring (bicyclic) bond motifs is 1. The number of carbonyl (C=O) groups is 3. The zero-order valence-corrected chi connectivity index (χ0v) is 27.4. The van der Waals surface area contributed by atoms with Crippen LogP contribution in [0, 0.1) is 5.92 Å². The van der Waals surface area contributed by atoms with E-state index >= 15 is 0 Å². The van der Waals surface area contributed by atoms with Crippen molar-refractivity contribution in [3.8, 4) is 0 Å². The fourth-order valence-corrected chi connectivity index (χ4v) is 6.35. The molecule has 0 heterocycles. The maximum atomic E-state index is 14.1. The lowest BCUT2D eigenvalue weighted by Gasteiger charge is -2.27. The fourth-order valence-electron chi connectivity index (χ4n) is 5.30. The fraction of sp³-hybridized carbons (Fsp3) is 0.324. The predicted octanol–water partition coefficient (Wildman–Crippen LogP) is 6.96. The van der Waals surface area contributed by atoms with E-state index < -0.39 is 21.8 Å². The third-order valence-electron chi connectivity index (χ3n) is 7.94. The average molecular weight is 642 g/mol. The van der Waals surface area contributed by atoms with Gasteiger partial charge < -0.3 is 10.2 Å². The molecule has 0 aliphatic heterocycles. The summed E-state index contributed by atoms with van der Waals surface area (Å²) in [4.78, 5) is 42.1. The van der Waals surface area contributed by atoms with E-state index in [0.717, 1.165) is 49.3 Å². The highest BCUT2D eigenvalue weighted by molar-refractivity contribution is 7.90. The van der Waals surface area contributed by atoms with E-state index in [2.05, 4.69) is 23.9 Å². The molecule has 46 heavy (non-hydrogen) atoms. The Bertz CT molecular complexity index is 1710. The van der Waals surface area contributed by atoms with Gasteiger partial charge in [-0.25, -0.2) is 13.1 Å². The van der Waals surface area contributed by atoms with Crippen LogP contribution < -0.4 is 10.0 Å². The lowest BCUT2D eigenvalue weighted by molar-refractivity contribution is -0.141. The highest BCUT2D eigenvalue weighted by atomic mass is 32.2. The molecule has 0 aromatic heterocycles. The summed E-state index contributed by atoms with van der Waals surface area (Å²) in [5, 5.41) is 4.45. The topological polar surface area (TPSA) is 113 Å². The number of benzene rings is 4. The first-order valence-electron chi connectivity index (χ1n) is 16.0. The van der Waals surface area contributed by atoms with Crippen LogP contribution in [0.2, 0.25) is 0 Å². The summed E-state index contributed by atoms with van der Waals surface area (Å²) in [6, 6.07) is 27.8. The zero-order chi connectivity index (χ0) is 32.9. The number of nitrogens with one attached hydrogen (secondary N) is 2. The minimum atomic E-state index is -4.25. The molecule has 0 saturated heterocycles. The molecule has 0 bridgehead atoms. The standard InChI is InChI=1S/C37H43N3O5S/c1-3-5-12-24-40(25-13-6-4-2)37(43)34(26-28-18-21-32(22-19-28)38-35(41)30-15-8-7-9-16-30)36(42)39-46(44,45)33-23-20-29-14-10-11-17-31(29)27-33/h7-11,14-23,27,34H,3-6,12-13,24-26H2,1-2H3,(H,38,41)(H,39,42). The zero-order valence-electron chi connectivity index (χ0n) is 26.6. The largest absolute Gasteiger partial charge is 0.342 e. The van der Waals surface area contributed by atoms with Gasteiger partial charge in [0.2, 0.25) is 11.8 Å². The summed E-state index contributed by atoms with van der Waals surface area (Å²) in [6.07, 6.45) is 5.46. The van der Waals surface area contributed by atoms with Crippen LogP contribution in [0.5, 0.6) is 0 Å². The molecule has 4 rings (SSSR count). The molecule has 0 spiro atoms. The molecule has 4 aromatic carbocycles. The molecule has 242 valence electrons. The number of amides is 3. The van der Waals surface area contributed by atoms with E-state index in [1.165, 1.54) is 12.1 Å². The summed E-state index contributed by atoms with van der Waals surface area (Å²) in [6.45, 7) is 5.18. The number of sulfonamides is 1. The molecule has 0 aliphatic rings. The van der Waals surface area contributed by atoms with Gasteiger partial charge >= 0.3 is 0 Å². The minimum absolute atomic E-state index is 0.00285. The number of hydrogen-bond acceptors (Lipinski definition) is 5. The summed E-state index contributed by atoms with van der Waals surface area (Å²) in [7, 11) is -4.25. The van der Waals surface area contributed by atoms with Crippen molar-refractivity contribution >= 4 is 44.2 Å². The number of anilines is 1. The second kappa shape index (κ2) is 16.7. The number of carbonyl (C=O) groups excluding carboxylic acids is 3. The Balaban J connectivity index is 1.58. The van der Waals surface area contributed by atoms with Crippen LogP contribution in [0.1, 0.15) is 68.3 Å². The molecule has 2 N–H and O–H groups in total. The monoisotopic (exact) mass is 641 g/mol. The Morgan fingerprint density at radius 3 is 1.96 bits per heavy atom. The van der Waals surface area contributed by atoms with Crippen LogP contribution in [0.15, 0.2) is 102 Å². The van der Waals surface area contributed by atoms with E-state index in [9.17, 15) is 22.8 Å². The van der Waals surface area contributed by atoms with Crippen LogP contribution in [0.25, 0.3) is 10.8 Å². The Morgan fingerprint density at radius 2 is 1.33 bits per heavy atom. The lowest BCUT2D eigenvalue weighted by Crippen LogP contribution is -2.46. The summed E-state index contributed by atoms with van der Waals surface area (Å²) < 4.78 is 29.1. The molecule has 0 saturated carbocycles. The van der Waals surface area contributed by atoms with E-state index in [-0.39, 0.29) is 23.1 Å². The minimum Gasteiger partial charge on any atom is -0.342 e. The van der Waals surface area contributed by atoms with E-state index in [0.29, 0.717) is 29.9 Å². The van der Waals surface area contributed by atoms with Crippen molar-refractivity contribution in [2.45, 2.75) is 63.7 Å². The van der Waals surface area contributed by atoms with Gasteiger partial charge in [0.05, 0.1) is 4.90 Å². The summed E-state index contributed by atoms with van der Waals surface area (Å²) in [5.74, 6) is -2.77. The first-order valence-corrected chi connectivity index (χ1v) is 17.5. The Morgan fingerprint density at radius 1 is 0.717 bits per heavy atom. The third-order valence-corrected chi connectivity index (χ3v) is 9.29. The summed E-state index contributed by atoms with van der Waals surface area (Å²) in [5.41, 5.74) is 1.74. The quantitative estimate of drug-likeness (QED) is 0.101. The van der Waals surface area contributed by atoms with Crippen LogP contribution in [0.4, 0.5) is 5.69 Å². The van der Waals surface area contributed by atoms with Gasteiger partial charge in [-0.2, -0.15) is 0 Å². The van der Waals surface area contributed by atoms with Crippen LogP contribution in [0.3, 0.4) is 0 Å². The van der Waals surface area contributed by atoms with E-state index in [1.54, 1.807) is 65.6 Å². The highest BCUT2D eigenvalue weighted by Gasteiger charge is 2.33. The Labute approximate surface area is 272 Å². The molecule has 8 nitrogen and oxygen atoms in total. The second-order valence-corrected chi connectivity index (χ2v) is 13.2. The average Bonchev–Trinajstić information content (AvgIpc) is 3.07. The van der Waals surface area contributed by atoms with Gasteiger partial charge in [-0.05, 0) is 72.0 Å². The van der Waals surface area contributed by atoms with Crippen LogP contribution in [-0.4, -0.2) is 44.1 Å². The maximum absolute atomic E-state index is 14.1. The summed E-state index contributed by atoms with van der Waals surface area (Å²) >= 11 is 0. The van der Waals surface area contributed by atoms with Gasteiger partial charge in [-0.15, -0.1) is 0 Å². The first-order chi connectivity index (χ1) is 22.2. The normalized spacial score (nSPS) is 12.0. The SMILES string of the molecule is CCCCCN(CCCCC)C(=O)C(Cc1ccc(NC(=O)c2ccccc2)cc1)C(=O)NS(=O)(=O)c1ccc2ccccc2c1. The molecular weight excluding hydrogens is 598 g/mol.